The van der Waals surface area contributed by atoms with Gasteiger partial charge in [-0.2, -0.15) is 0 Å². The van der Waals surface area contributed by atoms with E-state index in [0.717, 1.165) is 18.9 Å². The molecule has 0 amide bonds. The lowest BCUT2D eigenvalue weighted by Crippen LogP contribution is -2.56. The van der Waals surface area contributed by atoms with Crippen LogP contribution in [0.1, 0.15) is 43.1 Å². The molecule has 10 heteroatoms. The molecule has 1 saturated heterocycles. The van der Waals surface area contributed by atoms with Gasteiger partial charge in [0.05, 0.1) is 23.6 Å². The van der Waals surface area contributed by atoms with Crippen LogP contribution in [0.15, 0.2) is 17.1 Å². The van der Waals surface area contributed by atoms with Crippen molar-refractivity contribution in [3.63, 3.8) is 0 Å². The predicted molar refractivity (Wildman–Crippen MR) is 111 cm³/mol. The Kier molecular flexibility index (Phi) is 5.83. The smallest absolute Gasteiger partial charge is 0.341 e. The minimum absolute atomic E-state index is 0. The van der Waals surface area contributed by atoms with Crippen LogP contribution in [0.4, 0.5) is 14.5 Å². The standard InChI is InChI=1S/C20H23F2N3O4.ClH/c1-20(2,23)14-9-24(5-6-29-14)17-13(21)7-11-16(15(17)22)25(10-3-4-10)8-12(18(11)26)19(27)28;/h7-8,10,14H,3-6,9,23H2,1-2H3,(H,27,28);1H. The van der Waals surface area contributed by atoms with E-state index >= 15 is 8.78 Å². The largest absolute Gasteiger partial charge is 0.477 e. The Balaban J connectivity index is 0.00000256. The zero-order chi connectivity index (χ0) is 21.1. The van der Waals surface area contributed by atoms with Crippen LogP contribution < -0.4 is 16.1 Å². The topological polar surface area (TPSA) is 97.8 Å². The number of halogens is 3. The van der Waals surface area contributed by atoms with Gasteiger partial charge in [-0.25, -0.2) is 13.6 Å². The van der Waals surface area contributed by atoms with E-state index in [0.29, 0.717) is 0 Å². The van der Waals surface area contributed by atoms with Gasteiger partial charge in [0, 0.05) is 30.9 Å². The number of carboxylic acids is 1. The first-order chi connectivity index (χ1) is 13.6. The maximum Gasteiger partial charge on any atom is 0.341 e. The van der Waals surface area contributed by atoms with Gasteiger partial charge in [-0.05, 0) is 32.8 Å². The molecule has 1 aromatic carbocycles. The maximum absolute atomic E-state index is 15.6. The lowest BCUT2D eigenvalue weighted by molar-refractivity contribution is -0.000552. The summed E-state index contributed by atoms with van der Waals surface area (Å²) in [5.41, 5.74) is 3.72. The number of hydrogen-bond donors (Lipinski definition) is 2. The molecule has 1 unspecified atom stereocenters. The van der Waals surface area contributed by atoms with Crippen LogP contribution >= 0.6 is 12.4 Å². The Morgan fingerprint density at radius 3 is 2.57 bits per heavy atom. The SMILES string of the molecule is CC(C)(N)C1CN(c2c(F)cc3c(=O)c(C(=O)O)cn(C4CC4)c3c2F)CCO1.Cl. The number of nitrogens with two attached hydrogens (primary N) is 1. The Labute approximate surface area is 177 Å². The fourth-order valence-corrected chi connectivity index (χ4v) is 3.82. The van der Waals surface area contributed by atoms with Crippen molar-refractivity contribution in [1.29, 1.82) is 0 Å². The molecular weight excluding hydrogens is 420 g/mol. The van der Waals surface area contributed by atoms with Gasteiger partial charge in [-0.15, -0.1) is 12.4 Å². The molecule has 7 nitrogen and oxygen atoms in total. The molecular formula is C20H24ClF2N3O4. The first-order valence-corrected chi connectivity index (χ1v) is 9.55. The summed E-state index contributed by atoms with van der Waals surface area (Å²) in [4.78, 5) is 25.5. The van der Waals surface area contributed by atoms with E-state index in [-0.39, 0.29) is 54.7 Å². The van der Waals surface area contributed by atoms with Crippen molar-refractivity contribution in [2.45, 2.75) is 44.4 Å². The molecule has 2 aliphatic rings. The summed E-state index contributed by atoms with van der Waals surface area (Å²) in [6.07, 6.45) is 2.22. The molecule has 0 spiro atoms. The minimum atomic E-state index is -1.42. The molecule has 1 aliphatic heterocycles. The van der Waals surface area contributed by atoms with Crippen molar-refractivity contribution < 1.29 is 23.4 Å². The summed E-state index contributed by atoms with van der Waals surface area (Å²) in [6, 6.07) is 0.837. The van der Waals surface area contributed by atoms with Gasteiger partial charge in [-0.3, -0.25) is 4.79 Å². The summed E-state index contributed by atoms with van der Waals surface area (Å²) in [7, 11) is 0. The highest BCUT2D eigenvalue weighted by Gasteiger charge is 2.35. The maximum atomic E-state index is 15.6. The Morgan fingerprint density at radius 2 is 2.00 bits per heavy atom. The zero-order valence-corrected chi connectivity index (χ0v) is 17.5. The van der Waals surface area contributed by atoms with Crippen molar-refractivity contribution in [3.05, 3.63) is 39.7 Å². The van der Waals surface area contributed by atoms with Crippen molar-refractivity contribution in [2.75, 3.05) is 24.6 Å². The van der Waals surface area contributed by atoms with Crippen molar-refractivity contribution in [2.24, 2.45) is 5.73 Å². The highest BCUT2D eigenvalue weighted by Crippen LogP contribution is 2.40. The van der Waals surface area contributed by atoms with Crippen LogP contribution in [0, 0.1) is 11.6 Å². The third kappa shape index (κ3) is 3.77. The summed E-state index contributed by atoms with van der Waals surface area (Å²) < 4.78 is 37.8. The monoisotopic (exact) mass is 443 g/mol. The molecule has 164 valence electrons. The number of pyridine rings is 1. The Morgan fingerprint density at radius 1 is 1.33 bits per heavy atom. The van der Waals surface area contributed by atoms with Gasteiger partial charge >= 0.3 is 5.97 Å². The summed E-state index contributed by atoms with van der Waals surface area (Å²) in [5, 5.41) is 9.06. The first-order valence-electron chi connectivity index (χ1n) is 9.55. The second kappa shape index (κ2) is 7.79. The number of morpholine rings is 1. The molecule has 4 rings (SSSR count). The van der Waals surface area contributed by atoms with E-state index in [9.17, 15) is 14.7 Å². The van der Waals surface area contributed by atoms with Gasteiger partial charge in [0.15, 0.2) is 5.82 Å². The van der Waals surface area contributed by atoms with Crippen LogP contribution in [0.25, 0.3) is 10.9 Å². The molecule has 2 heterocycles. The highest BCUT2D eigenvalue weighted by atomic mass is 35.5. The van der Waals surface area contributed by atoms with E-state index < -0.39 is 40.2 Å². The number of fused-ring (bicyclic) bond motifs is 1. The van der Waals surface area contributed by atoms with Gasteiger partial charge in [-0.1, -0.05) is 0 Å². The van der Waals surface area contributed by atoms with Crippen LogP contribution in [0.3, 0.4) is 0 Å². The number of nitrogens with zero attached hydrogens (tertiary/aromatic N) is 2. The van der Waals surface area contributed by atoms with Crippen LogP contribution in [0.5, 0.6) is 0 Å². The number of hydrogen-bond acceptors (Lipinski definition) is 5. The number of aromatic carboxylic acids is 1. The summed E-state index contributed by atoms with van der Waals surface area (Å²) >= 11 is 0. The molecule has 2 aromatic rings. The Bertz CT molecular complexity index is 1060. The van der Waals surface area contributed by atoms with Crippen LogP contribution in [-0.2, 0) is 4.74 Å². The predicted octanol–water partition coefficient (Wildman–Crippen LogP) is 2.68. The van der Waals surface area contributed by atoms with Crippen molar-refractivity contribution in [3.8, 4) is 0 Å². The zero-order valence-electron chi connectivity index (χ0n) is 16.7. The Hall–Kier alpha value is -2.23. The quantitative estimate of drug-likeness (QED) is 0.754. The molecule has 30 heavy (non-hydrogen) atoms. The van der Waals surface area contributed by atoms with Gasteiger partial charge in [0.2, 0.25) is 5.43 Å². The average molecular weight is 444 g/mol. The van der Waals surface area contributed by atoms with Crippen LogP contribution in [0.2, 0.25) is 0 Å². The van der Waals surface area contributed by atoms with Gasteiger partial charge < -0.3 is 25.0 Å². The molecule has 2 fully saturated rings. The van der Waals surface area contributed by atoms with E-state index in [1.807, 2.05) is 0 Å². The average Bonchev–Trinajstić information content (AvgIpc) is 3.47. The number of ether oxygens (including phenoxy) is 1. The summed E-state index contributed by atoms with van der Waals surface area (Å²) in [6.45, 7) is 4.30. The molecule has 1 aliphatic carbocycles. The number of aromatic nitrogens is 1. The van der Waals surface area contributed by atoms with Crippen molar-refractivity contribution >= 4 is 35.0 Å². The lowest BCUT2D eigenvalue weighted by Gasteiger charge is -2.40. The number of carboxylic acid groups (broad SMARTS) is 1. The molecule has 1 saturated carbocycles. The lowest BCUT2D eigenvalue weighted by atomic mass is 9.97. The molecule has 1 atom stereocenters. The fourth-order valence-electron chi connectivity index (χ4n) is 3.82. The van der Waals surface area contributed by atoms with E-state index in [1.165, 1.54) is 10.8 Å². The highest BCUT2D eigenvalue weighted by molar-refractivity contribution is 5.94. The van der Waals surface area contributed by atoms with E-state index in [1.54, 1.807) is 18.7 Å². The van der Waals surface area contributed by atoms with Crippen LogP contribution in [-0.4, -0.2) is 47.0 Å². The molecule has 0 bridgehead atoms. The van der Waals surface area contributed by atoms with Gasteiger partial charge in [0.1, 0.15) is 17.1 Å². The van der Waals surface area contributed by atoms with Gasteiger partial charge in [0.25, 0.3) is 0 Å². The number of anilines is 1. The molecule has 0 radical (unpaired) electrons. The molecule has 3 N–H and O–H groups in total. The second-order valence-electron chi connectivity index (χ2n) is 8.36. The first kappa shape index (κ1) is 22.5. The number of benzene rings is 1. The third-order valence-electron chi connectivity index (χ3n) is 5.57. The van der Waals surface area contributed by atoms with Crippen molar-refractivity contribution in [1.82, 2.24) is 4.57 Å². The summed E-state index contributed by atoms with van der Waals surface area (Å²) in [5.74, 6) is -3.19. The van der Waals surface area contributed by atoms with E-state index in [4.69, 9.17) is 10.5 Å². The number of rotatable bonds is 4. The third-order valence-corrected chi connectivity index (χ3v) is 5.57. The minimum Gasteiger partial charge on any atom is -0.477 e. The normalized spacial score (nSPS) is 19.6. The second-order valence-corrected chi connectivity index (χ2v) is 8.36. The fraction of sp³-hybridized carbons (Fsp3) is 0.500. The van der Waals surface area contributed by atoms with E-state index in [2.05, 4.69) is 0 Å². The number of carbonyl (C=O) groups is 1. The molecule has 1 aromatic heterocycles.